The van der Waals surface area contributed by atoms with Gasteiger partial charge < -0.3 is 10.5 Å². The summed E-state index contributed by atoms with van der Waals surface area (Å²) in [7, 11) is 0. The third kappa shape index (κ3) is 4.37. The number of Topliss-reactive ketones (excluding diaryl/α,β-unsaturated/α-hetero) is 1. The molecular weight excluding hydrogens is 182 g/mol. The number of ether oxygens (including phenoxy) is 1. The molecule has 0 aromatic rings. The number of carbonyl (C=O) groups excluding carboxylic acids is 2. The molecule has 0 heterocycles. The van der Waals surface area contributed by atoms with Gasteiger partial charge in [-0.3, -0.25) is 4.79 Å². The fraction of sp³-hybridized carbons (Fsp3) is 0.800. The van der Waals surface area contributed by atoms with Crippen LogP contribution < -0.4 is 5.73 Å². The molecule has 0 rings (SSSR count). The Morgan fingerprint density at radius 2 is 1.93 bits per heavy atom. The summed E-state index contributed by atoms with van der Waals surface area (Å²) in [4.78, 5) is 22.5. The van der Waals surface area contributed by atoms with Crippen molar-refractivity contribution in [3.8, 4) is 0 Å². The fourth-order valence-electron chi connectivity index (χ4n) is 0.882. The van der Waals surface area contributed by atoms with E-state index in [1.54, 1.807) is 13.8 Å². The summed E-state index contributed by atoms with van der Waals surface area (Å²) < 4.78 is 4.83. The van der Waals surface area contributed by atoms with E-state index in [-0.39, 0.29) is 11.7 Å². The summed E-state index contributed by atoms with van der Waals surface area (Å²) in [5.74, 6) is -1.12. The number of hydrogen-bond acceptors (Lipinski definition) is 4. The Morgan fingerprint density at radius 3 is 2.36 bits per heavy atom. The number of unbranched alkanes of at least 4 members (excludes halogenated alkanes) is 1. The van der Waals surface area contributed by atoms with Crippen molar-refractivity contribution >= 4 is 11.8 Å². The molecule has 0 bridgehead atoms. The molecule has 0 saturated heterocycles. The summed E-state index contributed by atoms with van der Waals surface area (Å²) >= 11 is 0. The third-order valence-electron chi connectivity index (χ3n) is 1.87. The highest BCUT2D eigenvalue weighted by Crippen LogP contribution is 2.00. The Labute approximate surface area is 84.8 Å². The van der Waals surface area contributed by atoms with E-state index in [4.69, 9.17) is 10.5 Å². The van der Waals surface area contributed by atoms with Crippen molar-refractivity contribution in [3.63, 3.8) is 0 Å². The largest absolute Gasteiger partial charge is 0.464 e. The molecule has 0 spiro atoms. The molecule has 0 fully saturated rings. The average molecular weight is 201 g/mol. The number of rotatable bonds is 6. The van der Waals surface area contributed by atoms with Crippen LogP contribution >= 0.6 is 0 Å². The molecule has 0 radical (unpaired) electrons. The molecule has 0 saturated carbocycles. The highest BCUT2D eigenvalue weighted by molar-refractivity contribution is 6.03. The Morgan fingerprint density at radius 1 is 1.36 bits per heavy atom. The van der Waals surface area contributed by atoms with E-state index >= 15 is 0 Å². The van der Waals surface area contributed by atoms with E-state index < -0.39 is 12.0 Å². The van der Waals surface area contributed by atoms with Gasteiger partial charge in [-0.2, -0.15) is 0 Å². The van der Waals surface area contributed by atoms with E-state index in [1.165, 1.54) is 0 Å². The van der Waals surface area contributed by atoms with Crippen LogP contribution in [0.15, 0.2) is 0 Å². The second-order valence-corrected chi connectivity index (χ2v) is 3.56. The van der Waals surface area contributed by atoms with Gasteiger partial charge in [0.25, 0.3) is 0 Å². The smallest absolute Gasteiger partial charge is 0.330 e. The molecule has 1 unspecified atom stereocenters. The molecule has 0 aliphatic rings. The molecule has 0 aromatic heterocycles. The van der Waals surface area contributed by atoms with Crippen molar-refractivity contribution in [3.05, 3.63) is 0 Å². The lowest BCUT2D eigenvalue weighted by molar-refractivity contribution is -0.148. The zero-order valence-corrected chi connectivity index (χ0v) is 9.08. The number of esters is 1. The maximum atomic E-state index is 11.3. The van der Waals surface area contributed by atoms with Crippen molar-refractivity contribution in [2.45, 2.75) is 39.7 Å². The van der Waals surface area contributed by atoms with E-state index in [2.05, 4.69) is 0 Å². The molecule has 4 heteroatoms. The van der Waals surface area contributed by atoms with E-state index in [0.717, 1.165) is 12.8 Å². The molecular formula is C10H19NO3. The second-order valence-electron chi connectivity index (χ2n) is 3.56. The predicted molar refractivity (Wildman–Crippen MR) is 53.7 cm³/mol. The minimum Gasteiger partial charge on any atom is -0.464 e. The predicted octanol–water partition coefficient (Wildman–Crippen LogP) is 0.882. The highest BCUT2D eigenvalue weighted by atomic mass is 16.5. The van der Waals surface area contributed by atoms with Gasteiger partial charge in [-0.25, -0.2) is 4.79 Å². The topological polar surface area (TPSA) is 69.4 Å². The summed E-state index contributed by atoms with van der Waals surface area (Å²) in [6, 6.07) is -1.12. The van der Waals surface area contributed by atoms with Gasteiger partial charge in [0.1, 0.15) is 0 Å². The summed E-state index contributed by atoms with van der Waals surface area (Å²) in [5.41, 5.74) is 5.42. The number of hydrogen-bond donors (Lipinski definition) is 1. The maximum Gasteiger partial charge on any atom is 0.330 e. The normalized spacial score (nSPS) is 12.6. The fourth-order valence-corrected chi connectivity index (χ4v) is 0.882. The zero-order chi connectivity index (χ0) is 11.1. The molecule has 82 valence electrons. The molecule has 14 heavy (non-hydrogen) atoms. The van der Waals surface area contributed by atoms with Crippen LogP contribution in [0, 0.1) is 5.92 Å². The Kier molecular flexibility index (Phi) is 6.12. The summed E-state index contributed by atoms with van der Waals surface area (Å²) in [6.45, 7) is 5.75. The minimum absolute atomic E-state index is 0.233. The average Bonchev–Trinajstić information content (AvgIpc) is 2.15. The first kappa shape index (κ1) is 13.1. The van der Waals surface area contributed by atoms with Crippen LogP contribution in [0.5, 0.6) is 0 Å². The van der Waals surface area contributed by atoms with Crippen molar-refractivity contribution in [1.29, 1.82) is 0 Å². The SMILES string of the molecule is CCCCOC(=O)C(N)C(=O)C(C)C. The van der Waals surface area contributed by atoms with E-state index in [0.29, 0.717) is 6.61 Å². The van der Waals surface area contributed by atoms with Crippen LogP contribution in [0.4, 0.5) is 0 Å². The lowest BCUT2D eigenvalue weighted by atomic mass is 10.0. The number of nitrogens with two attached hydrogens (primary N) is 1. The van der Waals surface area contributed by atoms with Crippen molar-refractivity contribution in [1.82, 2.24) is 0 Å². The van der Waals surface area contributed by atoms with Gasteiger partial charge in [-0.15, -0.1) is 0 Å². The van der Waals surface area contributed by atoms with Crippen molar-refractivity contribution < 1.29 is 14.3 Å². The van der Waals surface area contributed by atoms with E-state index in [1.807, 2.05) is 6.92 Å². The molecule has 4 nitrogen and oxygen atoms in total. The Balaban J connectivity index is 3.93. The van der Waals surface area contributed by atoms with Gasteiger partial charge in [0.05, 0.1) is 6.61 Å². The van der Waals surface area contributed by atoms with Crippen LogP contribution in [0.2, 0.25) is 0 Å². The van der Waals surface area contributed by atoms with Crippen LogP contribution in [-0.4, -0.2) is 24.4 Å². The van der Waals surface area contributed by atoms with E-state index in [9.17, 15) is 9.59 Å². The summed E-state index contributed by atoms with van der Waals surface area (Å²) in [5, 5.41) is 0. The molecule has 1 atom stereocenters. The first-order chi connectivity index (χ1) is 6.50. The first-order valence-electron chi connectivity index (χ1n) is 4.96. The molecule has 0 aromatic carbocycles. The summed E-state index contributed by atoms with van der Waals surface area (Å²) in [6.07, 6.45) is 1.75. The quantitative estimate of drug-likeness (QED) is 0.393. The van der Waals surface area contributed by atoms with Crippen LogP contribution in [0.1, 0.15) is 33.6 Å². The van der Waals surface area contributed by atoms with Gasteiger partial charge >= 0.3 is 5.97 Å². The van der Waals surface area contributed by atoms with Crippen molar-refractivity contribution in [2.75, 3.05) is 6.61 Å². The maximum absolute atomic E-state index is 11.3. The third-order valence-corrected chi connectivity index (χ3v) is 1.87. The Bertz CT molecular complexity index is 202. The monoisotopic (exact) mass is 201 g/mol. The van der Waals surface area contributed by atoms with Gasteiger partial charge in [0, 0.05) is 5.92 Å². The van der Waals surface area contributed by atoms with Gasteiger partial charge in [-0.1, -0.05) is 27.2 Å². The second kappa shape index (κ2) is 6.54. The number of ketones is 1. The Hall–Kier alpha value is -0.900. The highest BCUT2D eigenvalue weighted by Gasteiger charge is 2.25. The number of carbonyl (C=O) groups is 2. The zero-order valence-electron chi connectivity index (χ0n) is 9.08. The van der Waals surface area contributed by atoms with Crippen molar-refractivity contribution in [2.24, 2.45) is 11.7 Å². The van der Waals surface area contributed by atoms with Gasteiger partial charge in [0.2, 0.25) is 0 Å². The first-order valence-corrected chi connectivity index (χ1v) is 4.96. The molecule has 2 N–H and O–H groups in total. The van der Waals surface area contributed by atoms with Crippen LogP contribution in [-0.2, 0) is 14.3 Å². The molecule has 0 aliphatic heterocycles. The van der Waals surface area contributed by atoms with Crippen LogP contribution in [0.3, 0.4) is 0 Å². The van der Waals surface area contributed by atoms with Gasteiger partial charge in [0.15, 0.2) is 11.8 Å². The lowest BCUT2D eigenvalue weighted by Crippen LogP contribution is -2.42. The standard InChI is InChI=1S/C10H19NO3/c1-4-5-6-14-10(13)8(11)9(12)7(2)3/h7-8H,4-6,11H2,1-3H3. The molecule has 0 aliphatic carbocycles. The molecule has 0 amide bonds. The van der Waals surface area contributed by atoms with Crippen LogP contribution in [0.25, 0.3) is 0 Å². The lowest BCUT2D eigenvalue weighted by Gasteiger charge is -2.12. The van der Waals surface area contributed by atoms with Gasteiger partial charge in [-0.05, 0) is 6.42 Å². The minimum atomic E-state index is -1.12.